The van der Waals surface area contributed by atoms with Gasteiger partial charge in [0.1, 0.15) is 5.75 Å². The smallest absolute Gasteiger partial charge is 0.120 e. The van der Waals surface area contributed by atoms with Crippen LogP contribution in [-0.4, -0.2) is 40.7 Å². The number of pyridine rings is 1. The highest BCUT2D eigenvalue weighted by Crippen LogP contribution is 2.42. The van der Waals surface area contributed by atoms with Crippen LogP contribution in [-0.2, 0) is 0 Å². The molecule has 5 rings (SSSR count). The van der Waals surface area contributed by atoms with Gasteiger partial charge in [-0.25, -0.2) is 0 Å². The highest BCUT2D eigenvalue weighted by Gasteiger charge is 2.42. The fraction of sp³-hybridized carbons (Fsp3) is 0.571. The Morgan fingerprint density at radius 2 is 2.20 bits per heavy atom. The third kappa shape index (κ3) is 3.02. The summed E-state index contributed by atoms with van der Waals surface area (Å²) in [6, 6.07) is 8.16. The number of benzene rings is 1. The summed E-state index contributed by atoms with van der Waals surface area (Å²) in [5.41, 5.74) is 1.90. The lowest BCUT2D eigenvalue weighted by Crippen LogP contribution is -2.55. The van der Waals surface area contributed by atoms with Crippen LogP contribution in [0.5, 0.6) is 5.75 Å². The average molecular weight is 340 g/mol. The van der Waals surface area contributed by atoms with Crippen molar-refractivity contribution in [2.75, 3.05) is 19.7 Å². The average Bonchev–Trinajstić information content (AvgIpc) is 2.67. The lowest BCUT2D eigenvalue weighted by atomic mass is 9.72. The molecule has 3 fully saturated rings. The summed E-state index contributed by atoms with van der Waals surface area (Å²) in [5.74, 6) is 2.41. The largest absolute Gasteiger partial charge is 0.494 e. The molecule has 1 N–H and O–H groups in total. The second-order valence-corrected chi connectivity index (χ2v) is 7.47. The van der Waals surface area contributed by atoms with Crippen LogP contribution in [0.2, 0.25) is 0 Å². The van der Waals surface area contributed by atoms with Crippen molar-refractivity contribution >= 4 is 10.9 Å². The second-order valence-electron chi connectivity index (χ2n) is 7.47. The van der Waals surface area contributed by atoms with Crippen molar-refractivity contribution in [3.8, 4) is 5.75 Å². The summed E-state index contributed by atoms with van der Waals surface area (Å²) in [6.07, 6.45) is 4.98. The highest BCUT2D eigenvalue weighted by atomic mass is 16.5. The quantitative estimate of drug-likeness (QED) is 0.899. The Morgan fingerprint density at radius 3 is 2.92 bits per heavy atom. The first kappa shape index (κ1) is 16.8. The van der Waals surface area contributed by atoms with E-state index < -0.39 is 6.10 Å². The Hall–Kier alpha value is -1.65. The third-order valence-corrected chi connectivity index (χ3v) is 6.20. The molecule has 0 aliphatic carbocycles. The highest BCUT2D eigenvalue weighted by molar-refractivity contribution is 5.83. The number of nitrogens with zero attached hydrogens (tertiary/aromatic N) is 2. The zero-order chi connectivity index (χ0) is 17.4. The fourth-order valence-electron chi connectivity index (χ4n) is 4.84. The zero-order valence-electron chi connectivity index (χ0n) is 15.2. The molecule has 2 aromatic rings. The van der Waals surface area contributed by atoms with E-state index in [0.29, 0.717) is 6.61 Å². The summed E-state index contributed by atoms with van der Waals surface area (Å²) in [6.45, 7) is 7.18. The van der Waals surface area contributed by atoms with Crippen LogP contribution >= 0.6 is 0 Å². The molecule has 134 valence electrons. The molecule has 2 bridgehead atoms. The maximum Gasteiger partial charge on any atom is 0.120 e. The number of aliphatic hydroxyl groups is 1. The molecule has 4 heteroatoms. The van der Waals surface area contributed by atoms with E-state index in [1.54, 1.807) is 0 Å². The fourth-order valence-corrected chi connectivity index (χ4v) is 4.84. The molecule has 4 nitrogen and oxygen atoms in total. The van der Waals surface area contributed by atoms with Gasteiger partial charge in [0.05, 0.1) is 18.2 Å². The number of rotatable bonds is 5. The van der Waals surface area contributed by atoms with E-state index in [-0.39, 0.29) is 6.04 Å². The minimum atomic E-state index is -0.469. The first-order valence-corrected chi connectivity index (χ1v) is 9.64. The van der Waals surface area contributed by atoms with Crippen molar-refractivity contribution in [2.24, 2.45) is 11.8 Å². The minimum Gasteiger partial charge on any atom is -0.494 e. The normalized spacial score (nSPS) is 29.7. The molecule has 4 unspecified atom stereocenters. The molecule has 5 atom stereocenters. The lowest BCUT2D eigenvalue weighted by molar-refractivity contribution is -0.0562. The van der Waals surface area contributed by atoms with Crippen molar-refractivity contribution in [1.82, 2.24) is 9.88 Å². The number of aliphatic hydroxyl groups excluding tert-OH is 1. The zero-order valence-corrected chi connectivity index (χ0v) is 15.2. The predicted molar refractivity (Wildman–Crippen MR) is 99.7 cm³/mol. The van der Waals surface area contributed by atoms with Crippen molar-refractivity contribution in [2.45, 2.75) is 45.3 Å². The summed E-state index contributed by atoms with van der Waals surface area (Å²) in [5, 5.41) is 12.2. The molecule has 4 heterocycles. The molecular formula is C21H28N2O2. The Morgan fingerprint density at radius 1 is 1.32 bits per heavy atom. The molecule has 3 aliphatic rings. The lowest BCUT2D eigenvalue weighted by Gasteiger charge is -2.51. The first-order valence-electron chi connectivity index (χ1n) is 9.64. The van der Waals surface area contributed by atoms with Crippen molar-refractivity contribution in [3.63, 3.8) is 0 Å². The number of hydrogen-bond donors (Lipinski definition) is 1. The van der Waals surface area contributed by atoms with Crippen LogP contribution in [0.3, 0.4) is 0 Å². The van der Waals surface area contributed by atoms with Gasteiger partial charge in [-0.1, -0.05) is 13.3 Å². The molecule has 0 saturated carbocycles. The van der Waals surface area contributed by atoms with Crippen LogP contribution in [0, 0.1) is 11.8 Å². The number of aromatic nitrogens is 1. The predicted octanol–water partition coefficient (Wildman–Crippen LogP) is 3.79. The summed E-state index contributed by atoms with van der Waals surface area (Å²) in [4.78, 5) is 6.98. The van der Waals surface area contributed by atoms with Crippen LogP contribution in [0.15, 0.2) is 30.5 Å². The Kier molecular flexibility index (Phi) is 4.65. The van der Waals surface area contributed by atoms with Crippen molar-refractivity contribution in [1.29, 1.82) is 0 Å². The van der Waals surface area contributed by atoms with Crippen LogP contribution in [0.1, 0.15) is 44.8 Å². The molecule has 1 aromatic carbocycles. The Bertz CT molecular complexity index is 748. The maximum absolute atomic E-state index is 11.2. The van der Waals surface area contributed by atoms with E-state index in [0.717, 1.165) is 53.6 Å². The van der Waals surface area contributed by atoms with Gasteiger partial charge < -0.3 is 9.84 Å². The van der Waals surface area contributed by atoms with E-state index in [1.165, 1.54) is 12.8 Å². The van der Waals surface area contributed by atoms with Gasteiger partial charge in [0.25, 0.3) is 0 Å². The minimum absolute atomic E-state index is 0.225. The van der Waals surface area contributed by atoms with Gasteiger partial charge >= 0.3 is 0 Å². The van der Waals surface area contributed by atoms with Gasteiger partial charge in [-0.15, -0.1) is 0 Å². The third-order valence-electron chi connectivity index (χ3n) is 6.20. The first-order chi connectivity index (χ1) is 12.2. The van der Waals surface area contributed by atoms with Crippen LogP contribution < -0.4 is 4.74 Å². The maximum atomic E-state index is 11.2. The molecule has 3 aliphatic heterocycles. The summed E-state index contributed by atoms with van der Waals surface area (Å²) < 4.78 is 5.65. The number of hydrogen-bond acceptors (Lipinski definition) is 4. The molecule has 3 saturated heterocycles. The van der Waals surface area contributed by atoms with Crippen LogP contribution in [0.4, 0.5) is 0 Å². The SMILES string of the molecule is CCOc1ccc2nccc(C(O)[C@@H]3CC4CCN3CC4CC)c2c1. The number of piperidine rings is 3. The van der Waals surface area contributed by atoms with Gasteiger partial charge in [0.2, 0.25) is 0 Å². The standard InChI is InChI=1S/C21H28N2O2/c1-3-14-13-23-10-8-15(14)11-20(23)21(24)17-7-9-22-19-6-5-16(25-4-2)12-18(17)19/h5-7,9,12,14-15,20-21,24H,3-4,8,10-11,13H2,1-2H3/t14?,15?,20-,21?/m0/s1. The Labute approximate surface area is 149 Å². The topological polar surface area (TPSA) is 45.6 Å². The van der Waals surface area contributed by atoms with Gasteiger partial charge in [-0.05, 0) is 68.0 Å². The molecule has 0 radical (unpaired) electrons. The van der Waals surface area contributed by atoms with Gasteiger partial charge in [-0.3, -0.25) is 9.88 Å². The monoisotopic (exact) mass is 340 g/mol. The van der Waals surface area contributed by atoms with Crippen LogP contribution in [0.25, 0.3) is 10.9 Å². The molecule has 25 heavy (non-hydrogen) atoms. The summed E-state index contributed by atoms with van der Waals surface area (Å²) in [7, 11) is 0. The number of ether oxygens (including phenoxy) is 1. The Balaban J connectivity index is 1.66. The van der Waals surface area contributed by atoms with E-state index in [1.807, 2.05) is 37.4 Å². The van der Waals surface area contributed by atoms with E-state index in [2.05, 4.69) is 16.8 Å². The van der Waals surface area contributed by atoms with E-state index >= 15 is 0 Å². The molecule has 0 spiro atoms. The van der Waals surface area contributed by atoms with Gasteiger partial charge in [0, 0.05) is 24.2 Å². The second kappa shape index (κ2) is 6.93. The summed E-state index contributed by atoms with van der Waals surface area (Å²) >= 11 is 0. The number of fused-ring (bicyclic) bond motifs is 4. The molecule has 1 aromatic heterocycles. The van der Waals surface area contributed by atoms with Gasteiger partial charge in [0.15, 0.2) is 0 Å². The van der Waals surface area contributed by atoms with E-state index in [4.69, 9.17) is 4.74 Å². The van der Waals surface area contributed by atoms with Crippen molar-refractivity contribution in [3.05, 3.63) is 36.0 Å². The van der Waals surface area contributed by atoms with Gasteiger partial charge in [-0.2, -0.15) is 0 Å². The molecular weight excluding hydrogens is 312 g/mol. The van der Waals surface area contributed by atoms with Crippen molar-refractivity contribution < 1.29 is 9.84 Å². The molecule has 0 amide bonds. The van der Waals surface area contributed by atoms with E-state index in [9.17, 15) is 5.11 Å².